The maximum Gasteiger partial charge on any atom is 0.511 e. The number of hydrogen-bond acceptors (Lipinski definition) is 5. The lowest BCUT2D eigenvalue weighted by Crippen LogP contribution is -2.16. The van der Waals surface area contributed by atoms with Gasteiger partial charge in [-0.3, -0.25) is 4.79 Å². The molecule has 2 aromatic carbocycles. The summed E-state index contributed by atoms with van der Waals surface area (Å²) in [7, 11) is 0. The molecule has 0 aliphatic heterocycles. The van der Waals surface area contributed by atoms with Crippen LogP contribution in [0.2, 0.25) is 5.02 Å². The molecule has 0 fully saturated rings. The number of ether oxygens (including phenoxy) is 1. The smallest absolute Gasteiger partial charge is 0.449 e. The Morgan fingerprint density at radius 2 is 1.97 bits per heavy atom. The van der Waals surface area contributed by atoms with Crippen molar-refractivity contribution >= 4 is 28.7 Å². The third-order valence-electron chi connectivity index (χ3n) is 4.32. The van der Waals surface area contributed by atoms with Gasteiger partial charge >= 0.3 is 6.16 Å². The molecule has 0 saturated heterocycles. The van der Waals surface area contributed by atoms with Gasteiger partial charge in [0.05, 0.1) is 29.8 Å². The Balaban J connectivity index is 1.90. The molecule has 30 heavy (non-hydrogen) atoms. The molecular formula is C19H11ClF2N4O4. The van der Waals surface area contributed by atoms with Gasteiger partial charge in [-0.15, -0.1) is 5.10 Å². The first kappa shape index (κ1) is 19.5. The Bertz CT molecular complexity index is 1320. The zero-order chi connectivity index (χ0) is 21.4. The monoisotopic (exact) mass is 432 g/mol. The molecule has 0 aliphatic rings. The number of halogens is 3. The van der Waals surface area contributed by atoms with Crippen molar-refractivity contribution in [2.75, 3.05) is 0 Å². The number of carbonyl (C=O) groups is 1. The Morgan fingerprint density at radius 3 is 2.60 bits per heavy atom. The maximum atomic E-state index is 14.1. The first-order chi connectivity index (χ1) is 14.3. The largest absolute Gasteiger partial charge is 0.511 e. The van der Waals surface area contributed by atoms with Crippen LogP contribution in [0, 0.1) is 11.6 Å². The van der Waals surface area contributed by atoms with Crippen molar-refractivity contribution < 1.29 is 23.4 Å². The third kappa shape index (κ3) is 3.48. The van der Waals surface area contributed by atoms with Crippen molar-refractivity contribution in [2.24, 2.45) is 0 Å². The minimum Gasteiger partial charge on any atom is -0.449 e. The Hall–Kier alpha value is -3.79. The van der Waals surface area contributed by atoms with Gasteiger partial charge in [-0.1, -0.05) is 28.9 Å². The van der Waals surface area contributed by atoms with Crippen LogP contribution in [0.5, 0.6) is 5.75 Å². The predicted octanol–water partition coefficient (Wildman–Crippen LogP) is 3.62. The molecule has 0 aliphatic carbocycles. The van der Waals surface area contributed by atoms with Crippen LogP contribution in [0.3, 0.4) is 0 Å². The summed E-state index contributed by atoms with van der Waals surface area (Å²) in [5.74, 6) is -3.25. The van der Waals surface area contributed by atoms with E-state index in [1.54, 1.807) is 41.3 Å². The number of pyridine rings is 1. The van der Waals surface area contributed by atoms with E-state index in [4.69, 9.17) is 16.7 Å². The summed E-state index contributed by atoms with van der Waals surface area (Å²) >= 11 is 5.99. The number of nitrogens with zero attached hydrogens (tertiary/aromatic N) is 4. The molecule has 0 amide bonds. The number of benzene rings is 2. The van der Waals surface area contributed by atoms with Crippen molar-refractivity contribution in [2.45, 2.75) is 6.54 Å². The molecule has 0 spiro atoms. The van der Waals surface area contributed by atoms with Crippen LogP contribution < -0.4 is 10.2 Å². The Kier molecular flexibility index (Phi) is 4.92. The number of hydrogen-bond donors (Lipinski definition) is 1. The van der Waals surface area contributed by atoms with Crippen LogP contribution in [0.15, 0.2) is 53.7 Å². The van der Waals surface area contributed by atoms with Gasteiger partial charge in [0, 0.05) is 11.9 Å². The quantitative estimate of drug-likeness (QED) is 0.390. The van der Waals surface area contributed by atoms with E-state index in [0.717, 1.165) is 11.8 Å². The fourth-order valence-corrected chi connectivity index (χ4v) is 3.29. The Labute approximate surface area is 171 Å². The zero-order valence-electron chi connectivity index (χ0n) is 14.9. The molecule has 0 saturated carbocycles. The minimum atomic E-state index is -1.73. The van der Waals surface area contributed by atoms with E-state index < -0.39 is 34.0 Å². The molecule has 8 nitrogen and oxygen atoms in total. The topological polar surface area (TPSA) is 99.2 Å². The van der Waals surface area contributed by atoms with Crippen molar-refractivity contribution in [3.8, 4) is 11.4 Å². The fraction of sp³-hybridized carbons (Fsp3) is 0.0526. The lowest BCUT2D eigenvalue weighted by atomic mass is 10.1. The van der Waals surface area contributed by atoms with Crippen molar-refractivity contribution in [3.05, 3.63) is 81.4 Å². The highest BCUT2D eigenvalue weighted by Gasteiger charge is 2.21. The summed E-state index contributed by atoms with van der Waals surface area (Å²) in [6.45, 7) is 0.444. The highest BCUT2D eigenvalue weighted by molar-refractivity contribution is 6.35. The standard InChI is InChI=1S/C19H11ClF2N4O4/c20-15-16(22)13(21)7-12-17(15)26(9-14(18(12)27)30-19(28)29)11-3-1-10(2-4-11)8-25-6-5-23-24-25/h1-7,9H,8H2,(H,28,29). The van der Waals surface area contributed by atoms with Crippen LogP contribution in [-0.4, -0.2) is 30.8 Å². The Morgan fingerprint density at radius 1 is 1.23 bits per heavy atom. The second-order valence-corrected chi connectivity index (χ2v) is 6.59. The van der Waals surface area contributed by atoms with E-state index in [1.807, 2.05) is 0 Å². The molecule has 2 heterocycles. The highest BCUT2D eigenvalue weighted by Crippen LogP contribution is 2.30. The van der Waals surface area contributed by atoms with E-state index in [2.05, 4.69) is 15.0 Å². The van der Waals surface area contributed by atoms with E-state index >= 15 is 0 Å². The van der Waals surface area contributed by atoms with Crippen LogP contribution in [0.25, 0.3) is 16.6 Å². The molecule has 0 bridgehead atoms. The normalized spacial score (nSPS) is 11.0. The van der Waals surface area contributed by atoms with Crippen LogP contribution >= 0.6 is 11.6 Å². The third-order valence-corrected chi connectivity index (χ3v) is 4.67. The molecule has 0 unspecified atom stereocenters. The number of fused-ring (bicyclic) bond motifs is 1. The lowest BCUT2D eigenvalue weighted by molar-refractivity contribution is 0.144. The number of carboxylic acid groups (broad SMARTS) is 1. The van der Waals surface area contributed by atoms with Gasteiger partial charge in [0.25, 0.3) is 0 Å². The molecule has 11 heteroatoms. The van der Waals surface area contributed by atoms with Gasteiger partial charge in [0.2, 0.25) is 5.43 Å². The molecule has 0 atom stereocenters. The van der Waals surface area contributed by atoms with Crippen molar-refractivity contribution in [3.63, 3.8) is 0 Å². The second kappa shape index (κ2) is 7.56. The second-order valence-electron chi connectivity index (χ2n) is 6.21. The molecule has 1 N–H and O–H groups in total. The summed E-state index contributed by atoms with van der Waals surface area (Å²) < 4.78 is 35.4. The molecule has 4 rings (SSSR count). The van der Waals surface area contributed by atoms with Gasteiger partial charge in [0.1, 0.15) is 5.02 Å². The van der Waals surface area contributed by atoms with Gasteiger partial charge in [-0.05, 0) is 23.8 Å². The van der Waals surface area contributed by atoms with E-state index in [-0.39, 0.29) is 10.9 Å². The summed E-state index contributed by atoms with van der Waals surface area (Å²) in [6, 6.07) is 7.42. The van der Waals surface area contributed by atoms with Gasteiger partial charge < -0.3 is 14.4 Å². The fourth-order valence-electron chi connectivity index (χ4n) is 3.00. The molecule has 2 aromatic heterocycles. The van der Waals surface area contributed by atoms with Crippen LogP contribution in [0.4, 0.5) is 13.6 Å². The summed E-state index contributed by atoms with van der Waals surface area (Å²) in [6.07, 6.45) is 2.57. The number of rotatable bonds is 4. The summed E-state index contributed by atoms with van der Waals surface area (Å²) in [4.78, 5) is 23.5. The number of aromatic nitrogens is 4. The minimum absolute atomic E-state index is 0.123. The molecule has 4 aromatic rings. The van der Waals surface area contributed by atoms with Crippen molar-refractivity contribution in [1.29, 1.82) is 0 Å². The van der Waals surface area contributed by atoms with Crippen LogP contribution in [0.1, 0.15) is 5.56 Å². The zero-order valence-corrected chi connectivity index (χ0v) is 15.7. The van der Waals surface area contributed by atoms with Crippen molar-refractivity contribution in [1.82, 2.24) is 19.6 Å². The first-order valence-corrected chi connectivity index (χ1v) is 8.80. The molecule has 152 valence electrons. The molecular weight excluding hydrogens is 422 g/mol. The van der Waals surface area contributed by atoms with E-state index in [1.165, 1.54) is 4.57 Å². The van der Waals surface area contributed by atoms with Gasteiger partial charge in [0.15, 0.2) is 17.4 Å². The average Bonchev–Trinajstić information content (AvgIpc) is 3.22. The van der Waals surface area contributed by atoms with E-state index in [0.29, 0.717) is 18.3 Å². The highest BCUT2D eigenvalue weighted by atomic mass is 35.5. The van der Waals surface area contributed by atoms with Gasteiger partial charge in [-0.2, -0.15) is 0 Å². The van der Waals surface area contributed by atoms with E-state index in [9.17, 15) is 18.4 Å². The predicted molar refractivity (Wildman–Crippen MR) is 102 cm³/mol. The van der Waals surface area contributed by atoms with Gasteiger partial charge in [-0.25, -0.2) is 18.3 Å². The lowest BCUT2D eigenvalue weighted by Gasteiger charge is -2.15. The SMILES string of the molecule is O=C(O)Oc1cn(-c2ccc(Cn3ccnn3)cc2)c2c(Cl)c(F)c(F)cc2c1=O. The summed E-state index contributed by atoms with van der Waals surface area (Å²) in [5.41, 5.74) is 0.208. The maximum absolute atomic E-state index is 14.1. The summed E-state index contributed by atoms with van der Waals surface area (Å²) in [5, 5.41) is 15.5. The molecule has 0 radical (unpaired) electrons. The first-order valence-electron chi connectivity index (χ1n) is 8.42. The van der Waals surface area contributed by atoms with Crippen LogP contribution in [-0.2, 0) is 6.54 Å². The average molecular weight is 433 g/mol.